The standard InChI is InChI=1S/C10H9F4N3O3/c1-9(15,10(12,13)14)8(18)16-7-5(11)3-2-4-6(7)17(19)20/h2-4H,15H2,1H3,(H,16,18). The van der Waals surface area contributed by atoms with Crippen molar-refractivity contribution in [3.63, 3.8) is 0 Å². The Morgan fingerprint density at radius 2 is 1.95 bits per heavy atom. The molecule has 0 saturated carbocycles. The maximum atomic E-state index is 13.4. The van der Waals surface area contributed by atoms with E-state index in [0.29, 0.717) is 6.92 Å². The van der Waals surface area contributed by atoms with Crippen molar-refractivity contribution in [2.24, 2.45) is 5.73 Å². The molecule has 0 saturated heterocycles. The first kappa shape index (κ1) is 15.8. The molecule has 0 aliphatic rings. The summed E-state index contributed by atoms with van der Waals surface area (Å²) in [4.78, 5) is 21.1. The number of para-hydroxylation sites is 1. The van der Waals surface area contributed by atoms with Crippen LogP contribution in [0.15, 0.2) is 18.2 Å². The second-order valence-electron chi connectivity index (χ2n) is 4.05. The third kappa shape index (κ3) is 2.85. The fourth-order valence-corrected chi connectivity index (χ4v) is 1.16. The van der Waals surface area contributed by atoms with Gasteiger partial charge in [0.05, 0.1) is 4.92 Å². The predicted molar refractivity (Wildman–Crippen MR) is 60.3 cm³/mol. The van der Waals surface area contributed by atoms with E-state index in [1.165, 1.54) is 5.32 Å². The highest BCUT2D eigenvalue weighted by Gasteiger charge is 2.54. The molecule has 0 spiro atoms. The molecule has 0 radical (unpaired) electrons. The second-order valence-corrected chi connectivity index (χ2v) is 4.05. The summed E-state index contributed by atoms with van der Waals surface area (Å²) in [6, 6.07) is 2.57. The maximum Gasteiger partial charge on any atom is 0.415 e. The molecular formula is C10H9F4N3O3. The molecule has 0 aromatic heterocycles. The molecule has 10 heteroatoms. The van der Waals surface area contributed by atoms with Crippen molar-refractivity contribution in [2.75, 3.05) is 5.32 Å². The lowest BCUT2D eigenvalue weighted by molar-refractivity contribution is -0.384. The topological polar surface area (TPSA) is 98.3 Å². The van der Waals surface area contributed by atoms with Gasteiger partial charge in [0.25, 0.3) is 11.6 Å². The van der Waals surface area contributed by atoms with Gasteiger partial charge in [0.15, 0.2) is 17.0 Å². The third-order valence-electron chi connectivity index (χ3n) is 2.49. The van der Waals surface area contributed by atoms with Crippen LogP contribution in [-0.2, 0) is 4.79 Å². The fourth-order valence-electron chi connectivity index (χ4n) is 1.16. The van der Waals surface area contributed by atoms with Gasteiger partial charge in [-0.15, -0.1) is 0 Å². The number of anilines is 1. The van der Waals surface area contributed by atoms with E-state index >= 15 is 0 Å². The number of hydrogen-bond donors (Lipinski definition) is 2. The summed E-state index contributed by atoms with van der Waals surface area (Å²) in [5, 5.41) is 12.1. The Hall–Kier alpha value is -2.23. The van der Waals surface area contributed by atoms with Crippen LogP contribution in [0.5, 0.6) is 0 Å². The summed E-state index contributed by atoms with van der Waals surface area (Å²) in [7, 11) is 0. The zero-order valence-corrected chi connectivity index (χ0v) is 9.99. The summed E-state index contributed by atoms with van der Waals surface area (Å²) in [5.41, 5.74) is -0.332. The molecular weight excluding hydrogens is 286 g/mol. The van der Waals surface area contributed by atoms with Gasteiger partial charge in [0.2, 0.25) is 0 Å². The van der Waals surface area contributed by atoms with Crippen LogP contribution < -0.4 is 11.1 Å². The van der Waals surface area contributed by atoms with Crippen LogP contribution in [0.25, 0.3) is 0 Å². The number of hydrogen-bond acceptors (Lipinski definition) is 4. The summed E-state index contributed by atoms with van der Waals surface area (Å²) in [6.07, 6.45) is -5.10. The molecule has 0 bridgehead atoms. The van der Waals surface area contributed by atoms with Gasteiger partial charge in [-0.1, -0.05) is 6.07 Å². The van der Waals surface area contributed by atoms with Crippen molar-refractivity contribution in [3.8, 4) is 0 Å². The Kier molecular flexibility index (Phi) is 3.99. The second kappa shape index (κ2) is 5.04. The summed E-state index contributed by atoms with van der Waals surface area (Å²) in [5.74, 6) is -3.05. The zero-order valence-electron chi connectivity index (χ0n) is 9.99. The number of nitro benzene ring substituents is 1. The van der Waals surface area contributed by atoms with Crippen LogP contribution in [0.4, 0.5) is 28.9 Å². The molecule has 1 rings (SSSR count). The highest BCUT2D eigenvalue weighted by Crippen LogP contribution is 2.32. The zero-order chi connectivity index (χ0) is 15.7. The quantitative estimate of drug-likeness (QED) is 0.506. The smallest absolute Gasteiger partial charge is 0.316 e. The highest BCUT2D eigenvalue weighted by atomic mass is 19.4. The monoisotopic (exact) mass is 295 g/mol. The normalized spacial score (nSPS) is 14.5. The largest absolute Gasteiger partial charge is 0.415 e. The molecule has 20 heavy (non-hydrogen) atoms. The number of carbonyl (C=O) groups excluding carboxylic acids is 1. The molecule has 0 aliphatic carbocycles. The van der Waals surface area contributed by atoms with Gasteiger partial charge in [-0.3, -0.25) is 14.9 Å². The lowest BCUT2D eigenvalue weighted by Gasteiger charge is -2.26. The van der Waals surface area contributed by atoms with E-state index in [1.807, 2.05) is 0 Å². The van der Waals surface area contributed by atoms with Crippen molar-refractivity contribution >= 4 is 17.3 Å². The van der Waals surface area contributed by atoms with E-state index in [0.717, 1.165) is 18.2 Å². The number of carbonyl (C=O) groups is 1. The molecule has 1 aromatic rings. The van der Waals surface area contributed by atoms with Gasteiger partial charge >= 0.3 is 6.18 Å². The van der Waals surface area contributed by atoms with Crippen LogP contribution in [-0.4, -0.2) is 22.5 Å². The Morgan fingerprint density at radius 3 is 2.40 bits per heavy atom. The molecule has 6 nitrogen and oxygen atoms in total. The summed E-state index contributed by atoms with van der Waals surface area (Å²) < 4.78 is 51.0. The van der Waals surface area contributed by atoms with E-state index in [4.69, 9.17) is 5.73 Å². The summed E-state index contributed by atoms with van der Waals surface area (Å²) in [6.45, 7) is 0.370. The van der Waals surface area contributed by atoms with Gasteiger partial charge in [-0.2, -0.15) is 13.2 Å². The average Bonchev–Trinajstić information content (AvgIpc) is 2.29. The molecule has 110 valence electrons. The number of nitrogens with two attached hydrogens (primary N) is 1. The minimum atomic E-state index is -5.10. The number of amides is 1. The number of benzene rings is 1. The highest BCUT2D eigenvalue weighted by molar-refractivity contribution is 6.00. The van der Waals surface area contributed by atoms with E-state index < -0.39 is 39.7 Å². The van der Waals surface area contributed by atoms with Crippen molar-refractivity contribution in [3.05, 3.63) is 34.1 Å². The SMILES string of the molecule is CC(N)(C(=O)Nc1c(F)cccc1[N+](=O)[O-])C(F)(F)F. The number of alkyl halides is 3. The van der Waals surface area contributed by atoms with Crippen LogP contribution in [0.3, 0.4) is 0 Å². The van der Waals surface area contributed by atoms with Crippen molar-refractivity contribution in [1.82, 2.24) is 0 Å². The minimum Gasteiger partial charge on any atom is -0.316 e. The molecule has 3 N–H and O–H groups in total. The van der Waals surface area contributed by atoms with Crippen molar-refractivity contribution in [2.45, 2.75) is 18.6 Å². The van der Waals surface area contributed by atoms with Crippen LogP contribution in [0.1, 0.15) is 6.92 Å². The van der Waals surface area contributed by atoms with Crippen molar-refractivity contribution in [1.29, 1.82) is 0 Å². The lowest BCUT2D eigenvalue weighted by Crippen LogP contribution is -2.59. The molecule has 1 amide bonds. The van der Waals surface area contributed by atoms with Crippen molar-refractivity contribution < 1.29 is 27.3 Å². The minimum absolute atomic E-state index is 0.370. The van der Waals surface area contributed by atoms with Gasteiger partial charge in [0.1, 0.15) is 0 Å². The molecule has 1 unspecified atom stereocenters. The molecule has 0 heterocycles. The Bertz CT molecular complexity index is 557. The Morgan fingerprint density at radius 1 is 1.40 bits per heavy atom. The van der Waals surface area contributed by atoms with E-state index in [2.05, 4.69) is 0 Å². The van der Waals surface area contributed by atoms with E-state index in [1.54, 1.807) is 0 Å². The van der Waals surface area contributed by atoms with Gasteiger partial charge in [-0.05, 0) is 13.0 Å². The number of nitrogens with one attached hydrogen (secondary N) is 1. The van der Waals surface area contributed by atoms with Crippen LogP contribution in [0, 0.1) is 15.9 Å². The maximum absolute atomic E-state index is 13.4. The first-order valence-electron chi connectivity index (χ1n) is 5.08. The number of halogens is 4. The van der Waals surface area contributed by atoms with Gasteiger partial charge in [-0.25, -0.2) is 4.39 Å². The Balaban J connectivity index is 3.18. The molecule has 1 atom stereocenters. The van der Waals surface area contributed by atoms with Crippen LogP contribution in [0.2, 0.25) is 0 Å². The molecule has 1 aromatic carbocycles. The van der Waals surface area contributed by atoms with E-state index in [-0.39, 0.29) is 0 Å². The summed E-state index contributed by atoms with van der Waals surface area (Å²) >= 11 is 0. The predicted octanol–water partition coefficient (Wildman–Crippen LogP) is 1.95. The molecule has 0 aliphatic heterocycles. The fraction of sp³-hybridized carbons (Fsp3) is 0.300. The third-order valence-corrected chi connectivity index (χ3v) is 2.49. The van der Waals surface area contributed by atoms with E-state index in [9.17, 15) is 32.5 Å². The van der Waals surface area contributed by atoms with Gasteiger partial charge in [0, 0.05) is 6.07 Å². The first-order chi connectivity index (χ1) is 8.98. The van der Waals surface area contributed by atoms with Gasteiger partial charge < -0.3 is 11.1 Å². The number of nitrogens with zero attached hydrogens (tertiary/aromatic N) is 1. The first-order valence-corrected chi connectivity index (χ1v) is 5.08. The van der Waals surface area contributed by atoms with Crippen LogP contribution >= 0.6 is 0 Å². The number of rotatable bonds is 3. The lowest BCUT2D eigenvalue weighted by atomic mass is 10.0. The average molecular weight is 295 g/mol. The Labute approximate surface area is 109 Å². The number of nitro groups is 1. The molecule has 0 fully saturated rings.